The molecule has 2 heterocycles. The number of carbonyl (C=O) groups is 2. The van der Waals surface area contributed by atoms with Crippen LogP contribution in [-0.4, -0.2) is 76.6 Å². The summed E-state index contributed by atoms with van der Waals surface area (Å²) in [5.74, 6) is 6.86. The molecule has 1 aliphatic heterocycles. The smallest absolute Gasteiger partial charge is 0.272 e. The van der Waals surface area contributed by atoms with Crippen LogP contribution in [0.3, 0.4) is 0 Å². The van der Waals surface area contributed by atoms with Gasteiger partial charge in [-0.3, -0.25) is 9.59 Å². The van der Waals surface area contributed by atoms with Gasteiger partial charge in [0, 0.05) is 49.1 Å². The standard InChI is InChI=1S/C41H46N4O3/c1-5-20-45(39(47)36-15-13-29-10-8-9-11-35(29)42-36)27-38(46)44-23-21-43(22-24-44)37-26-33-30(25-28(37)6-2)12-14-32-31(33)16-18-40(4)34(32)17-19-41(40,48)7-3/h2-3,8-11,13,15,25-26,31-32,34,48H,5,12,14,16-24,27H2,1,4H3/t31?,32-,34?,40+,41+/m1/s1. The average Bonchev–Trinajstić information content (AvgIpc) is 3.40. The Morgan fingerprint density at radius 2 is 1.83 bits per heavy atom. The minimum atomic E-state index is -1.01. The van der Waals surface area contributed by atoms with Gasteiger partial charge < -0.3 is 19.8 Å². The van der Waals surface area contributed by atoms with Crippen LogP contribution in [0.2, 0.25) is 0 Å². The highest BCUT2D eigenvalue weighted by atomic mass is 16.3. The summed E-state index contributed by atoms with van der Waals surface area (Å²) in [5.41, 5.74) is 4.65. The van der Waals surface area contributed by atoms with Crippen molar-refractivity contribution in [3.05, 3.63) is 70.9 Å². The molecule has 7 nitrogen and oxygen atoms in total. The average molecular weight is 643 g/mol. The lowest BCUT2D eigenvalue weighted by molar-refractivity contribution is -0.132. The van der Waals surface area contributed by atoms with E-state index in [2.05, 4.69) is 40.8 Å². The molecule has 3 fully saturated rings. The quantitative estimate of drug-likeness (QED) is 0.353. The number of piperazine rings is 1. The van der Waals surface area contributed by atoms with Gasteiger partial charge in [0.2, 0.25) is 5.91 Å². The van der Waals surface area contributed by atoms with Gasteiger partial charge in [0.15, 0.2) is 0 Å². The summed E-state index contributed by atoms with van der Waals surface area (Å²) >= 11 is 0. The first-order valence-electron chi connectivity index (χ1n) is 17.7. The number of aliphatic hydroxyl groups is 1. The van der Waals surface area contributed by atoms with Gasteiger partial charge in [0.25, 0.3) is 5.91 Å². The van der Waals surface area contributed by atoms with Gasteiger partial charge in [-0.15, -0.1) is 12.8 Å². The van der Waals surface area contributed by atoms with Crippen molar-refractivity contribution < 1.29 is 14.7 Å². The van der Waals surface area contributed by atoms with Crippen LogP contribution in [0, 0.1) is 41.9 Å². The summed E-state index contributed by atoms with van der Waals surface area (Å²) in [6.45, 7) is 7.25. The lowest BCUT2D eigenvalue weighted by Gasteiger charge is -2.52. The second kappa shape index (κ2) is 12.6. The summed E-state index contributed by atoms with van der Waals surface area (Å²) < 4.78 is 0. The number of aromatic nitrogens is 1. The van der Waals surface area contributed by atoms with E-state index < -0.39 is 5.60 Å². The van der Waals surface area contributed by atoms with Crippen molar-refractivity contribution in [3.8, 4) is 24.7 Å². The van der Waals surface area contributed by atoms with Gasteiger partial charge in [-0.2, -0.15) is 0 Å². The van der Waals surface area contributed by atoms with Crippen LogP contribution in [-0.2, 0) is 11.2 Å². The van der Waals surface area contributed by atoms with E-state index in [1.165, 1.54) is 11.1 Å². The van der Waals surface area contributed by atoms with Crippen LogP contribution in [0.5, 0.6) is 0 Å². The predicted octanol–water partition coefficient (Wildman–Crippen LogP) is 5.64. The van der Waals surface area contributed by atoms with Crippen LogP contribution in [0.15, 0.2) is 48.5 Å². The van der Waals surface area contributed by atoms with Crippen molar-refractivity contribution in [3.63, 3.8) is 0 Å². The second-order valence-corrected chi connectivity index (χ2v) is 14.6. The van der Waals surface area contributed by atoms with Crippen LogP contribution >= 0.6 is 0 Å². The van der Waals surface area contributed by atoms with E-state index in [1.54, 1.807) is 11.0 Å². The third kappa shape index (κ3) is 5.33. The molecule has 1 saturated heterocycles. The van der Waals surface area contributed by atoms with Crippen molar-refractivity contribution in [2.45, 2.75) is 70.3 Å². The minimum absolute atomic E-state index is 0.0353. The van der Waals surface area contributed by atoms with E-state index in [0.29, 0.717) is 62.6 Å². The molecule has 248 valence electrons. The van der Waals surface area contributed by atoms with E-state index in [0.717, 1.165) is 60.7 Å². The van der Waals surface area contributed by atoms with Gasteiger partial charge in [0.05, 0.1) is 11.2 Å². The summed E-state index contributed by atoms with van der Waals surface area (Å²) in [4.78, 5) is 37.5. The zero-order valence-electron chi connectivity index (χ0n) is 28.3. The molecule has 0 bridgehead atoms. The topological polar surface area (TPSA) is 77.0 Å². The zero-order valence-corrected chi connectivity index (χ0v) is 28.3. The van der Waals surface area contributed by atoms with Gasteiger partial charge in [-0.05, 0) is 98.1 Å². The Morgan fingerprint density at radius 3 is 2.58 bits per heavy atom. The fourth-order valence-electron chi connectivity index (χ4n) is 9.57. The molecule has 7 heteroatoms. The molecule has 5 atom stereocenters. The maximum atomic E-state index is 13.6. The minimum Gasteiger partial charge on any atom is -0.377 e. The normalized spacial score (nSPS) is 27.7. The molecule has 3 aliphatic carbocycles. The first-order chi connectivity index (χ1) is 23.2. The van der Waals surface area contributed by atoms with Crippen LogP contribution in [0.25, 0.3) is 10.9 Å². The number of pyridine rings is 1. The van der Waals surface area contributed by atoms with E-state index in [9.17, 15) is 14.7 Å². The number of rotatable bonds is 6. The third-order valence-electron chi connectivity index (χ3n) is 12.3. The number of anilines is 1. The molecular formula is C41H46N4O3. The van der Waals surface area contributed by atoms with Crippen molar-refractivity contribution >= 4 is 28.4 Å². The number of nitrogens with zero attached hydrogens (tertiary/aromatic N) is 4. The monoisotopic (exact) mass is 642 g/mol. The molecule has 2 aromatic carbocycles. The summed E-state index contributed by atoms with van der Waals surface area (Å²) in [6, 6.07) is 16.0. The first kappa shape index (κ1) is 32.2. The fraction of sp³-hybridized carbons (Fsp3) is 0.488. The Hall–Kier alpha value is -4.33. The second-order valence-electron chi connectivity index (χ2n) is 14.6. The van der Waals surface area contributed by atoms with Gasteiger partial charge in [-0.1, -0.05) is 50.0 Å². The molecule has 4 aliphatic rings. The Balaban J connectivity index is 1.04. The maximum Gasteiger partial charge on any atom is 0.272 e. The van der Waals surface area contributed by atoms with E-state index in [-0.39, 0.29) is 23.8 Å². The largest absolute Gasteiger partial charge is 0.377 e. The van der Waals surface area contributed by atoms with Crippen LogP contribution in [0.4, 0.5) is 5.69 Å². The molecule has 1 aromatic heterocycles. The number of carbonyl (C=O) groups excluding carboxylic acids is 2. The molecule has 48 heavy (non-hydrogen) atoms. The highest BCUT2D eigenvalue weighted by Crippen LogP contribution is 2.64. The molecule has 7 rings (SSSR count). The molecule has 0 radical (unpaired) electrons. The molecule has 2 saturated carbocycles. The van der Waals surface area contributed by atoms with Crippen LogP contribution < -0.4 is 4.90 Å². The van der Waals surface area contributed by atoms with E-state index >= 15 is 0 Å². The van der Waals surface area contributed by atoms with Crippen molar-refractivity contribution in [1.29, 1.82) is 0 Å². The van der Waals surface area contributed by atoms with Crippen molar-refractivity contribution in [2.75, 3.05) is 44.2 Å². The number of hydrogen-bond donors (Lipinski definition) is 1. The number of fused-ring (bicyclic) bond motifs is 6. The lowest BCUT2D eigenvalue weighted by atomic mass is 9.53. The van der Waals surface area contributed by atoms with Crippen molar-refractivity contribution in [1.82, 2.24) is 14.8 Å². The van der Waals surface area contributed by atoms with E-state index in [1.807, 2.05) is 42.2 Å². The molecule has 2 amide bonds. The van der Waals surface area contributed by atoms with Crippen molar-refractivity contribution in [2.24, 2.45) is 17.3 Å². The summed E-state index contributed by atoms with van der Waals surface area (Å²) in [7, 11) is 0. The summed E-state index contributed by atoms with van der Waals surface area (Å²) in [5, 5.41) is 12.3. The molecule has 1 N–H and O–H groups in total. The van der Waals surface area contributed by atoms with Crippen LogP contribution in [0.1, 0.15) is 85.5 Å². The molecule has 2 unspecified atom stereocenters. The Morgan fingerprint density at radius 1 is 1.04 bits per heavy atom. The SMILES string of the molecule is C#Cc1cc2c(cc1N1CCN(C(=O)CN(CCC)C(=O)c3ccc4ccccc4n3)CC1)C1CC[C@@]3(C)C(CC[C@@]3(O)C#C)[C@@H]1CC2. The third-order valence-corrected chi connectivity index (χ3v) is 12.3. The van der Waals surface area contributed by atoms with Gasteiger partial charge >= 0.3 is 0 Å². The highest BCUT2D eigenvalue weighted by molar-refractivity contribution is 5.97. The lowest BCUT2D eigenvalue weighted by Crippen LogP contribution is -2.52. The number of hydrogen-bond acceptors (Lipinski definition) is 5. The fourth-order valence-corrected chi connectivity index (χ4v) is 9.57. The Kier molecular flexibility index (Phi) is 8.46. The summed E-state index contributed by atoms with van der Waals surface area (Å²) in [6.07, 6.45) is 18.5. The number of amides is 2. The Bertz CT molecular complexity index is 1830. The molecule has 3 aromatic rings. The molecular weight excluding hydrogens is 596 g/mol. The number of benzene rings is 2. The van der Waals surface area contributed by atoms with E-state index in [4.69, 9.17) is 12.8 Å². The first-order valence-corrected chi connectivity index (χ1v) is 17.7. The zero-order chi connectivity index (χ0) is 33.6. The maximum absolute atomic E-state index is 13.6. The number of para-hydroxylation sites is 1. The molecule has 0 spiro atoms. The predicted molar refractivity (Wildman–Crippen MR) is 190 cm³/mol. The highest BCUT2D eigenvalue weighted by Gasteiger charge is 2.61. The number of aryl methyl sites for hydroxylation is 1. The van der Waals surface area contributed by atoms with Gasteiger partial charge in [0.1, 0.15) is 17.8 Å². The number of terminal acetylenes is 2. The Labute approximate surface area is 284 Å². The van der Waals surface area contributed by atoms with Gasteiger partial charge in [-0.25, -0.2) is 4.98 Å².